The number of nitrogens with zero attached hydrogens (tertiary/aromatic N) is 2. The molecule has 0 amide bonds. The molecule has 0 radical (unpaired) electrons. The Kier molecular flexibility index (Phi) is 4.96. The molecule has 4 nitrogen and oxygen atoms in total. The van der Waals surface area contributed by atoms with E-state index in [0.717, 1.165) is 44.7 Å². The topological polar surface area (TPSA) is 48.4 Å². The fraction of sp³-hybridized carbons (Fsp3) is 0.643. The van der Waals surface area contributed by atoms with Gasteiger partial charge in [0.15, 0.2) is 0 Å². The molecule has 1 unspecified atom stereocenters. The molecular weight excluding hydrogens is 226 g/mol. The summed E-state index contributed by atoms with van der Waals surface area (Å²) in [5, 5.41) is 12.8. The molecule has 1 atom stereocenters. The SMILES string of the molecule is CCCNCc1cccnc1N1CCCC1CO. The molecule has 0 aliphatic carbocycles. The molecule has 0 saturated carbocycles. The number of hydrogen-bond donors (Lipinski definition) is 2. The van der Waals surface area contributed by atoms with Crippen molar-refractivity contribution in [3.05, 3.63) is 23.9 Å². The van der Waals surface area contributed by atoms with E-state index in [2.05, 4.69) is 28.2 Å². The maximum absolute atomic E-state index is 9.42. The summed E-state index contributed by atoms with van der Waals surface area (Å²) in [5.41, 5.74) is 1.23. The first-order chi connectivity index (χ1) is 8.86. The number of anilines is 1. The van der Waals surface area contributed by atoms with E-state index in [9.17, 15) is 5.11 Å². The Morgan fingerprint density at radius 1 is 1.56 bits per heavy atom. The summed E-state index contributed by atoms with van der Waals surface area (Å²) >= 11 is 0. The van der Waals surface area contributed by atoms with E-state index in [1.54, 1.807) is 0 Å². The molecule has 4 heteroatoms. The van der Waals surface area contributed by atoms with Crippen molar-refractivity contribution in [2.24, 2.45) is 0 Å². The third kappa shape index (κ3) is 3.00. The van der Waals surface area contributed by atoms with Crippen molar-refractivity contribution in [2.45, 2.75) is 38.8 Å². The molecule has 0 aromatic carbocycles. The highest BCUT2D eigenvalue weighted by Gasteiger charge is 2.26. The molecule has 1 aromatic rings. The van der Waals surface area contributed by atoms with Crippen LogP contribution in [0.5, 0.6) is 0 Å². The number of aromatic nitrogens is 1. The Balaban J connectivity index is 2.11. The lowest BCUT2D eigenvalue weighted by molar-refractivity contribution is 0.266. The van der Waals surface area contributed by atoms with Crippen LogP contribution in [0.2, 0.25) is 0 Å². The molecule has 1 fully saturated rings. The van der Waals surface area contributed by atoms with Crippen molar-refractivity contribution < 1.29 is 5.11 Å². The lowest BCUT2D eigenvalue weighted by Gasteiger charge is -2.26. The number of aliphatic hydroxyl groups excluding tert-OH is 1. The van der Waals surface area contributed by atoms with Crippen LogP contribution in [0.25, 0.3) is 0 Å². The highest BCUT2D eigenvalue weighted by molar-refractivity contribution is 5.48. The Morgan fingerprint density at radius 3 is 3.22 bits per heavy atom. The standard InChI is InChI=1S/C14H23N3O/c1-2-7-15-10-12-5-3-8-16-14(12)17-9-4-6-13(17)11-18/h3,5,8,13,15,18H,2,4,6-7,9-11H2,1H3. The second-order valence-corrected chi connectivity index (χ2v) is 4.83. The van der Waals surface area contributed by atoms with Crippen LogP contribution in [-0.4, -0.2) is 35.8 Å². The minimum Gasteiger partial charge on any atom is -0.394 e. The highest BCUT2D eigenvalue weighted by Crippen LogP contribution is 2.26. The molecule has 100 valence electrons. The van der Waals surface area contributed by atoms with Crippen LogP contribution in [0.1, 0.15) is 31.7 Å². The van der Waals surface area contributed by atoms with Crippen molar-refractivity contribution in [1.82, 2.24) is 10.3 Å². The van der Waals surface area contributed by atoms with E-state index in [4.69, 9.17) is 0 Å². The minimum absolute atomic E-state index is 0.221. The molecule has 18 heavy (non-hydrogen) atoms. The van der Waals surface area contributed by atoms with Crippen LogP contribution >= 0.6 is 0 Å². The van der Waals surface area contributed by atoms with Crippen LogP contribution < -0.4 is 10.2 Å². The summed E-state index contributed by atoms with van der Waals surface area (Å²) in [6, 6.07) is 4.35. The van der Waals surface area contributed by atoms with Gasteiger partial charge in [0.1, 0.15) is 5.82 Å². The summed E-state index contributed by atoms with van der Waals surface area (Å²) in [6.45, 7) is 5.27. The summed E-state index contributed by atoms with van der Waals surface area (Å²) in [5.74, 6) is 1.04. The second-order valence-electron chi connectivity index (χ2n) is 4.83. The fourth-order valence-corrected chi connectivity index (χ4v) is 2.53. The van der Waals surface area contributed by atoms with Gasteiger partial charge in [-0.15, -0.1) is 0 Å². The Hall–Kier alpha value is -1.13. The Bertz CT molecular complexity index is 370. The molecule has 1 aromatic heterocycles. The lowest BCUT2D eigenvalue weighted by atomic mass is 10.2. The van der Waals surface area contributed by atoms with Gasteiger partial charge in [-0.1, -0.05) is 13.0 Å². The zero-order valence-corrected chi connectivity index (χ0v) is 11.1. The Morgan fingerprint density at radius 2 is 2.44 bits per heavy atom. The van der Waals surface area contributed by atoms with Crippen LogP contribution in [0.3, 0.4) is 0 Å². The highest BCUT2D eigenvalue weighted by atomic mass is 16.3. The number of pyridine rings is 1. The van der Waals surface area contributed by atoms with Crippen molar-refractivity contribution in [1.29, 1.82) is 0 Å². The van der Waals surface area contributed by atoms with Crippen LogP contribution in [0.4, 0.5) is 5.82 Å². The molecule has 0 bridgehead atoms. The van der Waals surface area contributed by atoms with Gasteiger partial charge >= 0.3 is 0 Å². The average Bonchev–Trinajstić information content (AvgIpc) is 2.88. The molecule has 1 aliphatic rings. The molecule has 1 aliphatic heterocycles. The van der Waals surface area contributed by atoms with Gasteiger partial charge in [-0.2, -0.15) is 0 Å². The van der Waals surface area contributed by atoms with E-state index in [0.29, 0.717) is 0 Å². The number of aliphatic hydroxyl groups is 1. The molecule has 0 spiro atoms. The van der Waals surface area contributed by atoms with E-state index in [1.807, 2.05) is 12.3 Å². The molecule has 2 heterocycles. The first kappa shape index (κ1) is 13.3. The second kappa shape index (κ2) is 6.71. The summed E-state index contributed by atoms with van der Waals surface area (Å²) in [6.07, 6.45) is 5.18. The Labute approximate surface area is 109 Å². The van der Waals surface area contributed by atoms with Gasteiger partial charge < -0.3 is 15.3 Å². The van der Waals surface area contributed by atoms with Gasteiger partial charge in [-0.3, -0.25) is 0 Å². The average molecular weight is 249 g/mol. The first-order valence-electron chi connectivity index (χ1n) is 6.89. The molecule has 2 N–H and O–H groups in total. The summed E-state index contributed by atoms with van der Waals surface area (Å²) in [7, 11) is 0. The normalized spacial score (nSPS) is 19.4. The van der Waals surface area contributed by atoms with E-state index < -0.39 is 0 Å². The predicted molar refractivity (Wildman–Crippen MR) is 73.7 cm³/mol. The molecular formula is C14H23N3O. The van der Waals surface area contributed by atoms with Crippen LogP contribution in [-0.2, 0) is 6.54 Å². The van der Waals surface area contributed by atoms with Gasteiger partial charge in [0.25, 0.3) is 0 Å². The van der Waals surface area contributed by atoms with Crippen molar-refractivity contribution in [2.75, 3.05) is 24.6 Å². The zero-order chi connectivity index (χ0) is 12.8. The lowest BCUT2D eigenvalue weighted by Crippen LogP contribution is -2.34. The predicted octanol–water partition coefficient (Wildman–Crippen LogP) is 1.54. The first-order valence-corrected chi connectivity index (χ1v) is 6.89. The summed E-state index contributed by atoms with van der Waals surface area (Å²) in [4.78, 5) is 6.77. The number of nitrogens with one attached hydrogen (secondary N) is 1. The fourth-order valence-electron chi connectivity index (χ4n) is 2.53. The molecule has 2 rings (SSSR count). The van der Waals surface area contributed by atoms with E-state index >= 15 is 0 Å². The van der Waals surface area contributed by atoms with E-state index in [-0.39, 0.29) is 12.6 Å². The smallest absolute Gasteiger partial charge is 0.133 e. The minimum atomic E-state index is 0.221. The van der Waals surface area contributed by atoms with Crippen LogP contribution in [0.15, 0.2) is 18.3 Å². The van der Waals surface area contributed by atoms with Crippen molar-refractivity contribution >= 4 is 5.82 Å². The largest absolute Gasteiger partial charge is 0.394 e. The van der Waals surface area contributed by atoms with Gasteiger partial charge in [0.2, 0.25) is 0 Å². The van der Waals surface area contributed by atoms with E-state index in [1.165, 1.54) is 5.56 Å². The third-order valence-corrected chi connectivity index (χ3v) is 3.47. The van der Waals surface area contributed by atoms with Gasteiger partial charge in [0.05, 0.1) is 12.6 Å². The molecule has 1 saturated heterocycles. The number of rotatable bonds is 6. The zero-order valence-electron chi connectivity index (χ0n) is 11.1. The quantitative estimate of drug-likeness (QED) is 0.751. The van der Waals surface area contributed by atoms with Gasteiger partial charge in [-0.25, -0.2) is 4.98 Å². The van der Waals surface area contributed by atoms with Crippen molar-refractivity contribution in [3.63, 3.8) is 0 Å². The summed E-state index contributed by atoms with van der Waals surface area (Å²) < 4.78 is 0. The van der Waals surface area contributed by atoms with Crippen molar-refractivity contribution in [3.8, 4) is 0 Å². The monoisotopic (exact) mass is 249 g/mol. The van der Waals surface area contributed by atoms with Crippen LogP contribution in [0, 0.1) is 0 Å². The maximum Gasteiger partial charge on any atom is 0.133 e. The number of hydrogen-bond acceptors (Lipinski definition) is 4. The van der Waals surface area contributed by atoms with Gasteiger partial charge in [-0.05, 0) is 31.9 Å². The third-order valence-electron chi connectivity index (χ3n) is 3.47. The van der Waals surface area contributed by atoms with Gasteiger partial charge in [0, 0.05) is 24.8 Å². The maximum atomic E-state index is 9.42.